The van der Waals surface area contributed by atoms with Crippen LogP contribution >= 0.6 is 0 Å². The lowest BCUT2D eigenvalue weighted by molar-refractivity contribution is 0.0897. The molecule has 0 heterocycles. The molecule has 0 spiro atoms. The lowest BCUT2D eigenvalue weighted by Crippen LogP contribution is -2.40. The third-order valence-electron chi connectivity index (χ3n) is 2.69. The molecule has 0 aliphatic heterocycles. The van der Waals surface area contributed by atoms with E-state index in [2.05, 4.69) is 26.1 Å². The fraction of sp³-hybridized carbons (Fsp3) is 0.467. The predicted molar refractivity (Wildman–Crippen MR) is 73.6 cm³/mol. The van der Waals surface area contributed by atoms with Crippen LogP contribution in [0.2, 0.25) is 0 Å². The first-order chi connectivity index (χ1) is 8.85. The molecule has 0 aliphatic carbocycles. The van der Waals surface area contributed by atoms with E-state index in [1.807, 2.05) is 6.07 Å². The smallest absolute Gasteiger partial charge is 0.251 e. The van der Waals surface area contributed by atoms with Crippen molar-refractivity contribution in [2.24, 2.45) is 5.41 Å². The molecule has 0 saturated heterocycles. The van der Waals surface area contributed by atoms with E-state index in [-0.39, 0.29) is 24.0 Å². The van der Waals surface area contributed by atoms with Gasteiger partial charge in [-0.05, 0) is 36.1 Å². The van der Waals surface area contributed by atoms with Gasteiger partial charge >= 0.3 is 0 Å². The first kappa shape index (κ1) is 15.2. The lowest BCUT2D eigenvalue weighted by Gasteiger charge is -2.25. The zero-order valence-electron chi connectivity index (χ0n) is 11.6. The molecule has 0 aromatic heterocycles. The van der Waals surface area contributed by atoms with Gasteiger partial charge in [0.15, 0.2) is 0 Å². The minimum absolute atomic E-state index is 0.0331. The van der Waals surface area contributed by atoms with E-state index in [0.29, 0.717) is 17.5 Å². The average molecular weight is 260 g/mol. The second kappa shape index (κ2) is 6.35. The minimum atomic E-state index is -0.261. The standard InChI is InChI=1S/C15H20N2O2/c1-15(2,3)8-13(10-18)17-14(19)12-6-4-11(9-16)5-7-12/h4-7,13,18H,8,10H2,1-3H3,(H,17,19). The second-order valence-electron chi connectivity index (χ2n) is 5.81. The Balaban J connectivity index is 2.69. The molecule has 102 valence electrons. The fourth-order valence-corrected chi connectivity index (χ4v) is 1.87. The highest BCUT2D eigenvalue weighted by molar-refractivity contribution is 5.94. The Kier molecular flexibility index (Phi) is 5.08. The van der Waals surface area contributed by atoms with Crippen LogP contribution in [0.3, 0.4) is 0 Å². The van der Waals surface area contributed by atoms with Gasteiger partial charge in [0, 0.05) is 5.56 Å². The summed E-state index contributed by atoms with van der Waals surface area (Å²) in [4.78, 5) is 12.0. The van der Waals surface area contributed by atoms with E-state index in [0.717, 1.165) is 0 Å². The number of aliphatic hydroxyl groups is 1. The summed E-state index contributed by atoms with van der Waals surface area (Å²) in [6.07, 6.45) is 0.700. The molecule has 1 aromatic rings. The SMILES string of the molecule is CC(C)(C)CC(CO)NC(=O)c1ccc(C#N)cc1. The van der Waals surface area contributed by atoms with Gasteiger partial charge in [-0.25, -0.2) is 0 Å². The van der Waals surface area contributed by atoms with Crippen molar-refractivity contribution in [3.8, 4) is 6.07 Å². The van der Waals surface area contributed by atoms with Gasteiger partial charge in [0.1, 0.15) is 0 Å². The van der Waals surface area contributed by atoms with Gasteiger partial charge in [-0.15, -0.1) is 0 Å². The molecular weight excluding hydrogens is 240 g/mol. The first-order valence-corrected chi connectivity index (χ1v) is 6.27. The Hall–Kier alpha value is -1.86. The number of rotatable bonds is 4. The minimum Gasteiger partial charge on any atom is -0.394 e. The third kappa shape index (κ3) is 5.11. The summed E-state index contributed by atoms with van der Waals surface area (Å²) < 4.78 is 0. The number of nitriles is 1. The van der Waals surface area contributed by atoms with Crippen molar-refractivity contribution >= 4 is 5.91 Å². The number of nitrogens with one attached hydrogen (secondary N) is 1. The Morgan fingerprint density at radius 2 is 1.95 bits per heavy atom. The van der Waals surface area contributed by atoms with Gasteiger partial charge in [-0.3, -0.25) is 4.79 Å². The Labute approximate surface area is 114 Å². The number of aliphatic hydroxyl groups excluding tert-OH is 1. The predicted octanol–water partition coefficient (Wildman–Crippen LogP) is 2.09. The van der Waals surface area contributed by atoms with Gasteiger partial charge in [0.25, 0.3) is 5.91 Å². The van der Waals surface area contributed by atoms with Crippen LogP contribution in [0.4, 0.5) is 0 Å². The van der Waals surface area contributed by atoms with Crippen LogP contribution in [-0.4, -0.2) is 23.7 Å². The largest absolute Gasteiger partial charge is 0.394 e. The highest BCUT2D eigenvalue weighted by atomic mass is 16.3. The monoisotopic (exact) mass is 260 g/mol. The second-order valence-corrected chi connectivity index (χ2v) is 5.81. The lowest BCUT2D eigenvalue weighted by atomic mass is 9.88. The summed E-state index contributed by atoms with van der Waals surface area (Å²) >= 11 is 0. The molecular formula is C15H20N2O2. The van der Waals surface area contributed by atoms with E-state index in [9.17, 15) is 9.90 Å². The van der Waals surface area contributed by atoms with Gasteiger partial charge in [0.05, 0.1) is 24.3 Å². The third-order valence-corrected chi connectivity index (χ3v) is 2.69. The van der Waals surface area contributed by atoms with Crippen LogP contribution in [0, 0.1) is 16.7 Å². The van der Waals surface area contributed by atoms with Crippen LogP contribution in [0.1, 0.15) is 43.1 Å². The molecule has 4 heteroatoms. The van der Waals surface area contributed by atoms with Crippen molar-refractivity contribution in [2.75, 3.05) is 6.61 Å². The molecule has 1 aromatic carbocycles. The van der Waals surface area contributed by atoms with Crippen LogP contribution in [-0.2, 0) is 0 Å². The number of nitrogens with zero attached hydrogens (tertiary/aromatic N) is 1. The van der Waals surface area contributed by atoms with Crippen molar-refractivity contribution in [1.29, 1.82) is 5.26 Å². The van der Waals surface area contributed by atoms with Crippen LogP contribution in [0.25, 0.3) is 0 Å². The maximum Gasteiger partial charge on any atom is 0.251 e. The molecule has 4 nitrogen and oxygen atoms in total. The summed E-state index contributed by atoms with van der Waals surface area (Å²) in [7, 11) is 0. The normalized spacial score (nSPS) is 12.6. The number of benzene rings is 1. The number of carbonyl (C=O) groups is 1. The number of amides is 1. The summed E-state index contributed by atoms with van der Waals surface area (Å²) in [5.74, 6) is -0.229. The Morgan fingerprint density at radius 3 is 2.37 bits per heavy atom. The molecule has 0 radical (unpaired) electrons. The molecule has 0 bridgehead atoms. The molecule has 19 heavy (non-hydrogen) atoms. The Bertz CT molecular complexity index is 466. The topological polar surface area (TPSA) is 73.1 Å². The highest BCUT2D eigenvalue weighted by Gasteiger charge is 2.20. The van der Waals surface area contributed by atoms with E-state index >= 15 is 0 Å². The van der Waals surface area contributed by atoms with Gasteiger partial charge < -0.3 is 10.4 Å². The summed E-state index contributed by atoms with van der Waals surface area (Å²) in [5.41, 5.74) is 1.04. The van der Waals surface area contributed by atoms with Crippen LogP contribution in [0.15, 0.2) is 24.3 Å². The average Bonchev–Trinajstić information content (AvgIpc) is 2.36. The van der Waals surface area contributed by atoms with Crippen molar-refractivity contribution in [2.45, 2.75) is 33.2 Å². The molecule has 2 N–H and O–H groups in total. The molecule has 0 aliphatic rings. The Morgan fingerprint density at radius 1 is 1.37 bits per heavy atom. The maximum absolute atomic E-state index is 12.0. The maximum atomic E-state index is 12.0. The zero-order chi connectivity index (χ0) is 14.5. The molecule has 1 amide bonds. The summed E-state index contributed by atoms with van der Waals surface area (Å²) in [6, 6.07) is 8.17. The summed E-state index contributed by atoms with van der Waals surface area (Å²) in [5, 5.41) is 20.8. The first-order valence-electron chi connectivity index (χ1n) is 6.27. The summed E-state index contributed by atoms with van der Waals surface area (Å²) in [6.45, 7) is 6.09. The van der Waals surface area contributed by atoms with E-state index in [1.165, 1.54) is 0 Å². The van der Waals surface area contributed by atoms with Crippen molar-refractivity contribution in [3.05, 3.63) is 35.4 Å². The molecule has 0 saturated carbocycles. The van der Waals surface area contributed by atoms with Crippen molar-refractivity contribution in [3.63, 3.8) is 0 Å². The van der Waals surface area contributed by atoms with Gasteiger partial charge in [-0.2, -0.15) is 5.26 Å². The number of carbonyl (C=O) groups excluding carboxylic acids is 1. The van der Waals surface area contributed by atoms with Crippen molar-refractivity contribution in [1.82, 2.24) is 5.32 Å². The van der Waals surface area contributed by atoms with Crippen LogP contribution < -0.4 is 5.32 Å². The van der Waals surface area contributed by atoms with E-state index < -0.39 is 0 Å². The van der Waals surface area contributed by atoms with E-state index in [1.54, 1.807) is 24.3 Å². The quantitative estimate of drug-likeness (QED) is 0.870. The zero-order valence-corrected chi connectivity index (χ0v) is 11.6. The molecule has 0 fully saturated rings. The molecule has 1 atom stereocenters. The van der Waals surface area contributed by atoms with Crippen LogP contribution in [0.5, 0.6) is 0 Å². The fourth-order valence-electron chi connectivity index (χ4n) is 1.87. The van der Waals surface area contributed by atoms with Gasteiger partial charge in [-0.1, -0.05) is 20.8 Å². The van der Waals surface area contributed by atoms with Gasteiger partial charge in [0.2, 0.25) is 0 Å². The number of hydrogen-bond donors (Lipinski definition) is 2. The van der Waals surface area contributed by atoms with E-state index in [4.69, 9.17) is 5.26 Å². The van der Waals surface area contributed by atoms with Crippen molar-refractivity contribution < 1.29 is 9.90 Å². The number of hydrogen-bond acceptors (Lipinski definition) is 3. The molecule has 1 unspecified atom stereocenters. The molecule has 1 rings (SSSR count). The highest BCUT2D eigenvalue weighted by Crippen LogP contribution is 2.20.